The van der Waals surface area contributed by atoms with Crippen molar-refractivity contribution in [2.24, 2.45) is 5.92 Å². The van der Waals surface area contributed by atoms with E-state index in [1.54, 1.807) is 0 Å². The lowest BCUT2D eigenvalue weighted by atomic mass is 9.90. The Morgan fingerprint density at radius 2 is 1.94 bits per heavy atom. The number of carbonyl (C=O) groups excluding carboxylic acids is 1. The molecule has 0 aromatic heterocycles. The molecular formula is C13H26O4Si. The zero-order valence-electron chi connectivity index (χ0n) is 12.1. The fourth-order valence-corrected chi connectivity index (χ4v) is 2.98. The monoisotopic (exact) mass is 274 g/mol. The second-order valence-corrected chi connectivity index (χ2v) is 10.9. The lowest BCUT2D eigenvalue weighted by molar-refractivity contribution is -0.379. The Balaban J connectivity index is 2.54. The SMILES string of the molecule is CC1OC(C[C@H](CC=O)CC(C)(C)[Si](C)(C)O)O1. The Labute approximate surface area is 111 Å². The Bertz CT molecular complexity index is 279. The molecule has 18 heavy (non-hydrogen) atoms. The highest BCUT2D eigenvalue weighted by molar-refractivity contribution is 6.72. The molecule has 1 saturated heterocycles. The second kappa shape index (κ2) is 5.82. The Morgan fingerprint density at radius 3 is 2.33 bits per heavy atom. The molecular weight excluding hydrogens is 248 g/mol. The third-order valence-electron chi connectivity index (χ3n) is 4.10. The van der Waals surface area contributed by atoms with Crippen LogP contribution in [0.4, 0.5) is 0 Å². The van der Waals surface area contributed by atoms with Gasteiger partial charge in [-0.05, 0) is 37.4 Å². The molecule has 1 heterocycles. The summed E-state index contributed by atoms with van der Waals surface area (Å²) in [5.41, 5.74) is 0. The number of ether oxygens (including phenoxy) is 2. The maximum atomic E-state index is 10.8. The summed E-state index contributed by atoms with van der Waals surface area (Å²) in [5.74, 6) is 0.217. The van der Waals surface area contributed by atoms with E-state index >= 15 is 0 Å². The number of carbonyl (C=O) groups is 1. The van der Waals surface area contributed by atoms with Gasteiger partial charge in [-0.2, -0.15) is 0 Å². The minimum absolute atomic E-state index is 0.115. The van der Waals surface area contributed by atoms with Crippen molar-refractivity contribution in [1.29, 1.82) is 0 Å². The van der Waals surface area contributed by atoms with Gasteiger partial charge in [0.2, 0.25) is 0 Å². The van der Waals surface area contributed by atoms with Gasteiger partial charge in [0.25, 0.3) is 0 Å². The minimum Gasteiger partial charge on any atom is -0.432 e. The molecule has 0 radical (unpaired) electrons. The van der Waals surface area contributed by atoms with E-state index in [-0.39, 0.29) is 23.5 Å². The fourth-order valence-electron chi connectivity index (χ4n) is 2.19. The predicted octanol–water partition coefficient (Wildman–Crippen LogP) is 2.67. The summed E-state index contributed by atoms with van der Waals surface area (Å²) in [4.78, 5) is 21.1. The van der Waals surface area contributed by atoms with Crippen molar-refractivity contribution in [2.75, 3.05) is 0 Å². The smallest absolute Gasteiger partial charge is 0.188 e. The van der Waals surface area contributed by atoms with Crippen LogP contribution in [-0.2, 0) is 14.3 Å². The molecule has 1 rings (SSSR count). The standard InChI is InChI=1S/C13H26O4Si/c1-10-16-12(17-10)8-11(6-7-14)9-13(2,3)18(4,5)15/h7,10-12,15H,6,8-9H2,1-5H3/t10?,11-,12?/m0/s1. The molecule has 0 spiro atoms. The average Bonchev–Trinajstić information content (AvgIpc) is 2.13. The molecule has 1 aliphatic heterocycles. The van der Waals surface area contributed by atoms with Gasteiger partial charge in [0.05, 0.1) is 0 Å². The van der Waals surface area contributed by atoms with Gasteiger partial charge in [0, 0.05) is 12.8 Å². The fraction of sp³-hybridized carbons (Fsp3) is 0.923. The van der Waals surface area contributed by atoms with Gasteiger partial charge < -0.3 is 19.1 Å². The molecule has 0 bridgehead atoms. The van der Waals surface area contributed by atoms with E-state index in [2.05, 4.69) is 13.8 Å². The van der Waals surface area contributed by atoms with E-state index in [1.165, 1.54) is 0 Å². The summed E-state index contributed by atoms with van der Waals surface area (Å²) in [5, 5.41) is -0.115. The molecule has 1 N–H and O–H groups in total. The first kappa shape index (κ1) is 15.8. The molecule has 0 aliphatic carbocycles. The van der Waals surface area contributed by atoms with Crippen molar-refractivity contribution in [3.05, 3.63) is 0 Å². The predicted molar refractivity (Wildman–Crippen MR) is 72.6 cm³/mol. The van der Waals surface area contributed by atoms with Gasteiger partial charge in [-0.15, -0.1) is 0 Å². The molecule has 0 saturated carbocycles. The molecule has 1 aliphatic rings. The highest BCUT2D eigenvalue weighted by Gasteiger charge is 2.40. The molecule has 5 heteroatoms. The quantitative estimate of drug-likeness (QED) is 0.573. The summed E-state index contributed by atoms with van der Waals surface area (Å²) in [7, 11) is -2.23. The maximum Gasteiger partial charge on any atom is 0.188 e. The van der Waals surface area contributed by atoms with Crippen molar-refractivity contribution in [1.82, 2.24) is 0 Å². The van der Waals surface area contributed by atoms with Crippen molar-refractivity contribution in [3.8, 4) is 0 Å². The number of rotatable bonds is 7. The highest BCUT2D eigenvalue weighted by atomic mass is 28.4. The van der Waals surface area contributed by atoms with Crippen LogP contribution in [0.2, 0.25) is 18.1 Å². The van der Waals surface area contributed by atoms with E-state index in [0.717, 1.165) is 19.1 Å². The van der Waals surface area contributed by atoms with E-state index in [9.17, 15) is 9.59 Å². The molecule has 106 valence electrons. The van der Waals surface area contributed by atoms with E-state index < -0.39 is 8.32 Å². The minimum atomic E-state index is -2.23. The second-order valence-electron chi connectivity index (χ2n) is 6.42. The first-order chi connectivity index (χ1) is 8.15. The summed E-state index contributed by atoms with van der Waals surface area (Å²) < 4.78 is 10.9. The third kappa shape index (κ3) is 4.15. The van der Waals surface area contributed by atoms with Crippen molar-refractivity contribution in [3.63, 3.8) is 0 Å². The largest absolute Gasteiger partial charge is 0.432 e. The summed E-state index contributed by atoms with van der Waals surface area (Å²) in [6, 6.07) is 0. The van der Waals surface area contributed by atoms with Crippen molar-refractivity contribution in [2.45, 2.75) is 70.7 Å². The molecule has 4 nitrogen and oxygen atoms in total. The van der Waals surface area contributed by atoms with E-state index in [1.807, 2.05) is 20.0 Å². The Hall–Kier alpha value is -0.233. The van der Waals surface area contributed by atoms with Gasteiger partial charge in [0.15, 0.2) is 20.9 Å². The highest BCUT2D eigenvalue weighted by Crippen LogP contribution is 2.43. The van der Waals surface area contributed by atoms with Crippen LogP contribution >= 0.6 is 0 Å². The summed E-state index contributed by atoms with van der Waals surface area (Å²) in [6.07, 6.45) is 2.73. The van der Waals surface area contributed by atoms with Gasteiger partial charge in [-0.3, -0.25) is 0 Å². The zero-order chi connectivity index (χ0) is 14.0. The average molecular weight is 274 g/mol. The first-order valence-corrected chi connectivity index (χ1v) is 9.57. The van der Waals surface area contributed by atoms with Crippen LogP contribution in [0.5, 0.6) is 0 Å². The van der Waals surface area contributed by atoms with E-state index in [0.29, 0.717) is 6.42 Å². The topological polar surface area (TPSA) is 55.8 Å². The van der Waals surface area contributed by atoms with E-state index in [4.69, 9.17) is 9.47 Å². The van der Waals surface area contributed by atoms with Gasteiger partial charge in [-0.25, -0.2) is 0 Å². The van der Waals surface area contributed by atoms with Crippen LogP contribution in [0.3, 0.4) is 0 Å². The molecule has 1 atom stereocenters. The molecule has 0 aromatic rings. The van der Waals surface area contributed by atoms with Gasteiger partial charge >= 0.3 is 0 Å². The Morgan fingerprint density at radius 1 is 1.39 bits per heavy atom. The van der Waals surface area contributed by atoms with Crippen LogP contribution in [0.15, 0.2) is 0 Å². The summed E-state index contributed by atoms with van der Waals surface area (Å²) >= 11 is 0. The first-order valence-electron chi connectivity index (χ1n) is 6.62. The van der Waals surface area contributed by atoms with Crippen LogP contribution in [0.1, 0.15) is 40.0 Å². The normalized spacial score (nSPS) is 26.6. The van der Waals surface area contributed by atoms with Crippen LogP contribution < -0.4 is 0 Å². The van der Waals surface area contributed by atoms with Gasteiger partial charge in [0.1, 0.15) is 6.29 Å². The van der Waals surface area contributed by atoms with Crippen molar-refractivity contribution >= 4 is 14.6 Å². The molecule has 0 amide bonds. The maximum absolute atomic E-state index is 10.8. The molecule has 0 unspecified atom stereocenters. The van der Waals surface area contributed by atoms with Crippen molar-refractivity contribution < 1.29 is 19.1 Å². The number of hydrogen-bond acceptors (Lipinski definition) is 4. The lowest BCUT2D eigenvalue weighted by Crippen LogP contribution is -2.43. The lowest BCUT2D eigenvalue weighted by Gasteiger charge is -2.40. The third-order valence-corrected chi connectivity index (χ3v) is 7.61. The number of aldehydes is 1. The molecule has 1 fully saturated rings. The number of hydrogen-bond donors (Lipinski definition) is 1. The Kier molecular flexibility index (Phi) is 5.11. The van der Waals surface area contributed by atoms with Gasteiger partial charge in [-0.1, -0.05) is 13.8 Å². The van der Waals surface area contributed by atoms with Crippen LogP contribution in [0, 0.1) is 5.92 Å². The molecule has 0 aromatic carbocycles. The zero-order valence-corrected chi connectivity index (χ0v) is 13.1. The summed E-state index contributed by atoms with van der Waals surface area (Å²) in [6.45, 7) is 9.93. The van der Waals surface area contributed by atoms with Crippen LogP contribution in [0.25, 0.3) is 0 Å². The van der Waals surface area contributed by atoms with Crippen LogP contribution in [-0.4, -0.2) is 32.0 Å².